The minimum Gasteiger partial charge on any atom is -0.356 e. The monoisotopic (exact) mass is 307 g/mol. The van der Waals surface area contributed by atoms with Crippen LogP contribution in [0.15, 0.2) is 0 Å². The Morgan fingerprint density at radius 1 is 1.10 bits per heavy atom. The van der Waals surface area contributed by atoms with E-state index in [-0.39, 0.29) is 0 Å². The van der Waals surface area contributed by atoms with Crippen molar-refractivity contribution in [3.05, 3.63) is 16.5 Å². The predicted molar refractivity (Wildman–Crippen MR) is 88.2 cm³/mol. The lowest BCUT2D eigenvalue weighted by Gasteiger charge is -2.39. The Balaban J connectivity index is 1.82. The molecule has 0 bridgehead atoms. The van der Waals surface area contributed by atoms with Crippen molar-refractivity contribution >= 4 is 17.4 Å². The second-order valence-corrected chi connectivity index (χ2v) is 7.96. The van der Waals surface area contributed by atoms with Crippen LogP contribution >= 0.6 is 11.6 Å². The normalized spacial score (nSPS) is 22.3. The smallest absolute Gasteiger partial charge is 0.137 e. The summed E-state index contributed by atoms with van der Waals surface area (Å²) in [6.07, 6.45) is 7.47. The zero-order valence-corrected chi connectivity index (χ0v) is 14.4. The van der Waals surface area contributed by atoms with Gasteiger partial charge in [0.15, 0.2) is 0 Å². The van der Waals surface area contributed by atoms with Crippen molar-refractivity contribution in [2.24, 2.45) is 5.41 Å². The van der Waals surface area contributed by atoms with Crippen LogP contribution in [-0.2, 0) is 0 Å². The van der Waals surface area contributed by atoms with Crippen LogP contribution in [-0.4, -0.2) is 23.1 Å². The molecule has 1 heterocycles. The Hall–Kier alpha value is -0.830. The summed E-state index contributed by atoms with van der Waals surface area (Å²) >= 11 is 6.34. The van der Waals surface area contributed by atoms with Crippen molar-refractivity contribution in [2.45, 2.75) is 71.3 Å². The third-order valence-electron chi connectivity index (χ3n) is 5.21. The first-order chi connectivity index (χ1) is 9.87. The van der Waals surface area contributed by atoms with Gasteiger partial charge in [-0.2, -0.15) is 0 Å². The molecule has 0 radical (unpaired) electrons. The number of aromatic nitrogens is 2. The third-order valence-corrected chi connectivity index (χ3v) is 5.58. The predicted octanol–water partition coefficient (Wildman–Crippen LogP) is 4.72. The van der Waals surface area contributed by atoms with Crippen LogP contribution in [0, 0.1) is 12.3 Å². The summed E-state index contributed by atoms with van der Waals surface area (Å²) in [5.41, 5.74) is 1.52. The summed E-state index contributed by atoms with van der Waals surface area (Å²) in [6, 6.07) is 0.578. The van der Waals surface area contributed by atoms with Crippen LogP contribution in [0.2, 0.25) is 5.15 Å². The van der Waals surface area contributed by atoms with Gasteiger partial charge in [-0.05, 0) is 50.9 Å². The van der Waals surface area contributed by atoms with Gasteiger partial charge < -0.3 is 4.90 Å². The molecule has 0 unspecified atom stereocenters. The molecular formula is C17H26ClN3. The molecule has 4 heteroatoms. The topological polar surface area (TPSA) is 29.0 Å². The zero-order chi connectivity index (χ0) is 15.2. The number of anilines is 1. The highest BCUT2D eigenvalue weighted by molar-refractivity contribution is 6.30. The fraction of sp³-hybridized carbons (Fsp3) is 0.765. The van der Waals surface area contributed by atoms with E-state index in [1.54, 1.807) is 0 Å². The molecular weight excluding hydrogens is 282 g/mol. The second-order valence-electron chi connectivity index (χ2n) is 7.60. The van der Waals surface area contributed by atoms with Crippen LogP contribution in [0.5, 0.6) is 0 Å². The van der Waals surface area contributed by atoms with E-state index in [2.05, 4.69) is 30.8 Å². The van der Waals surface area contributed by atoms with Gasteiger partial charge in [-0.15, -0.1) is 0 Å². The molecule has 2 fully saturated rings. The van der Waals surface area contributed by atoms with Crippen LogP contribution in [0.4, 0.5) is 5.82 Å². The van der Waals surface area contributed by atoms with Gasteiger partial charge in [-0.1, -0.05) is 25.4 Å². The molecule has 0 saturated heterocycles. The third kappa shape index (κ3) is 3.18. The Morgan fingerprint density at radius 3 is 2.29 bits per heavy atom. The van der Waals surface area contributed by atoms with Crippen molar-refractivity contribution in [1.82, 2.24) is 9.97 Å². The lowest BCUT2D eigenvalue weighted by molar-refractivity contribution is 0.222. The van der Waals surface area contributed by atoms with Crippen molar-refractivity contribution in [2.75, 3.05) is 11.9 Å². The van der Waals surface area contributed by atoms with Gasteiger partial charge >= 0.3 is 0 Å². The molecule has 3 rings (SSSR count). The largest absolute Gasteiger partial charge is 0.356 e. The summed E-state index contributed by atoms with van der Waals surface area (Å²) in [7, 11) is 2.17. The number of halogens is 1. The van der Waals surface area contributed by atoms with E-state index >= 15 is 0 Å². The lowest BCUT2D eigenvalue weighted by Crippen LogP contribution is -2.38. The summed E-state index contributed by atoms with van der Waals surface area (Å²) in [5.74, 6) is 2.53. The fourth-order valence-electron chi connectivity index (χ4n) is 3.31. The molecule has 0 amide bonds. The first-order valence-electron chi connectivity index (χ1n) is 8.14. The van der Waals surface area contributed by atoms with Gasteiger partial charge in [0, 0.05) is 24.6 Å². The minimum atomic E-state index is 0.495. The van der Waals surface area contributed by atoms with Crippen molar-refractivity contribution in [3.8, 4) is 0 Å². The second kappa shape index (κ2) is 5.42. The average molecular weight is 308 g/mol. The molecule has 0 aliphatic heterocycles. The highest BCUT2D eigenvalue weighted by atomic mass is 35.5. The summed E-state index contributed by atoms with van der Waals surface area (Å²) in [5, 5.41) is 0.630. The number of hydrogen-bond acceptors (Lipinski definition) is 3. The summed E-state index contributed by atoms with van der Waals surface area (Å²) in [4.78, 5) is 11.7. The van der Waals surface area contributed by atoms with E-state index in [1.165, 1.54) is 38.5 Å². The number of hydrogen-bond donors (Lipinski definition) is 0. The first-order valence-corrected chi connectivity index (χ1v) is 8.52. The average Bonchev–Trinajstić information content (AvgIpc) is 3.25. The van der Waals surface area contributed by atoms with E-state index < -0.39 is 0 Å². The fourth-order valence-corrected chi connectivity index (χ4v) is 3.48. The molecule has 0 spiro atoms. The molecule has 21 heavy (non-hydrogen) atoms. The molecule has 0 aromatic carbocycles. The molecule has 2 saturated carbocycles. The van der Waals surface area contributed by atoms with E-state index in [9.17, 15) is 0 Å². The quantitative estimate of drug-likeness (QED) is 0.757. The molecule has 2 aliphatic carbocycles. The Kier molecular flexibility index (Phi) is 3.89. The Morgan fingerprint density at radius 2 is 1.71 bits per heavy atom. The molecule has 2 aliphatic rings. The molecule has 116 valence electrons. The van der Waals surface area contributed by atoms with Gasteiger partial charge in [-0.25, -0.2) is 9.97 Å². The molecule has 0 N–H and O–H groups in total. The van der Waals surface area contributed by atoms with E-state index in [0.29, 0.717) is 22.5 Å². The standard InChI is InChI=1S/C17H26ClN3/c1-11-14(18)19-15(12-5-6-12)20-16(11)21(4)13-7-9-17(2,3)10-8-13/h12-13H,5-10H2,1-4H3. The molecule has 0 atom stereocenters. The Bertz CT molecular complexity index is 527. The van der Waals surface area contributed by atoms with Crippen molar-refractivity contribution in [3.63, 3.8) is 0 Å². The van der Waals surface area contributed by atoms with Crippen molar-refractivity contribution < 1.29 is 0 Å². The molecule has 1 aromatic heterocycles. The zero-order valence-electron chi connectivity index (χ0n) is 13.6. The maximum absolute atomic E-state index is 6.34. The van der Waals surface area contributed by atoms with Gasteiger partial charge in [0.25, 0.3) is 0 Å². The lowest BCUT2D eigenvalue weighted by atomic mass is 9.75. The van der Waals surface area contributed by atoms with Crippen LogP contribution in [0.3, 0.4) is 0 Å². The van der Waals surface area contributed by atoms with Gasteiger partial charge in [0.1, 0.15) is 16.8 Å². The summed E-state index contributed by atoms with van der Waals surface area (Å²) < 4.78 is 0. The van der Waals surface area contributed by atoms with Crippen LogP contribution in [0.1, 0.15) is 69.7 Å². The SMILES string of the molecule is Cc1c(Cl)nc(C2CC2)nc1N(C)C1CCC(C)(C)CC1. The minimum absolute atomic E-state index is 0.495. The highest BCUT2D eigenvalue weighted by Crippen LogP contribution is 2.41. The maximum atomic E-state index is 6.34. The van der Waals surface area contributed by atoms with E-state index in [4.69, 9.17) is 16.6 Å². The van der Waals surface area contributed by atoms with E-state index in [1.807, 2.05) is 6.92 Å². The Labute approximate surface area is 133 Å². The van der Waals surface area contributed by atoms with Gasteiger partial charge in [-0.3, -0.25) is 0 Å². The van der Waals surface area contributed by atoms with Crippen LogP contribution in [0.25, 0.3) is 0 Å². The number of nitrogens with zero attached hydrogens (tertiary/aromatic N) is 3. The van der Waals surface area contributed by atoms with E-state index in [0.717, 1.165) is 17.2 Å². The van der Waals surface area contributed by atoms with Crippen molar-refractivity contribution in [1.29, 1.82) is 0 Å². The molecule has 3 nitrogen and oxygen atoms in total. The summed E-state index contributed by atoms with van der Waals surface area (Å²) in [6.45, 7) is 6.79. The number of rotatable bonds is 3. The molecule has 1 aromatic rings. The first kappa shape index (κ1) is 15.1. The van der Waals surface area contributed by atoms with Gasteiger partial charge in [0.2, 0.25) is 0 Å². The van der Waals surface area contributed by atoms with Gasteiger partial charge in [0.05, 0.1) is 0 Å². The maximum Gasteiger partial charge on any atom is 0.137 e. The van der Waals surface area contributed by atoms with Crippen LogP contribution < -0.4 is 4.90 Å². The highest BCUT2D eigenvalue weighted by Gasteiger charge is 2.32.